The minimum absolute atomic E-state index is 0.0549. The number of hydrogen-bond donors (Lipinski definition) is 1. The number of likely N-dealkylation sites (tertiary alicyclic amines) is 1. The van der Waals surface area contributed by atoms with Gasteiger partial charge < -0.3 is 14.6 Å². The van der Waals surface area contributed by atoms with E-state index in [0.29, 0.717) is 29.7 Å². The molecular formula is C24H21F2N5O3. The van der Waals surface area contributed by atoms with E-state index in [1.807, 2.05) is 0 Å². The van der Waals surface area contributed by atoms with Crippen LogP contribution in [-0.4, -0.2) is 57.1 Å². The van der Waals surface area contributed by atoms with E-state index in [4.69, 9.17) is 4.74 Å². The minimum Gasteiger partial charge on any atom is -0.380 e. The summed E-state index contributed by atoms with van der Waals surface area (Å²) in [5, 5.41) is 8.46. The van der Waals surface area contributed by atoms with Crippen molar-refractivity contribution in [2.45, 2.75) is 18.9 Å². The maximum Gasteiger partial charge on any atom is 0.258 e. The molecule has 1 N–H and O–H groups in total. The third kappa shape index (κ3) is 4.08. The quantitative estimate of drug-likeness (QED) is 0.499. The molecule has 2 aromatic carbocycles. The third-order valence-corrected chi connectivity index (χ3v) is 6.03. The van der Waals surface area contributed by atoms with Crippen molar-refractivity contribution < 1.29 is 18.3 Å². The molecule has 3 heterocycles. The van der Waals surface area contributed by atoms with Crippen molar-refractivity contribution in [1.82, 2.24) is 24.9 Å². The van der Waals surface area contributed by atoms with E-state index < -0.39 is 17.2 Å². The number of rotatable bonds is 4. The molecule has 1 saturated heterocycles. The zero-order chi connectivity index (χ0) is 23.8. The van der Waals surface area contributed by atoms with Gasteiger partial charge in [-0.05, 0) is 49.2 Å². The van der Waals surface area contributed by atoms with Gasteiger partial charge in [0.15, 0.2) is 11.6 Å². The highest BCUT2D eigenvalue weighted by Gasteiger charge is 2.24. The van der Waals surface area contributed by atoms with Gasteiger partial charge in [-0.1, -0.05) is 5.21 Å². The summed E-state index contributed by atoms with van der Waals surface area (Å²) in [6.07, 6.45) is 3.46. The lowest BCUT2D eigenvalue weighted by molar-refractivity contribution is 0.0269. The number of halogens is 2. The molecule has 174 valence electrons. The van der Waals surface area contributed by atoms with Crippen LogP contribution in [-0.2, 0) is 4.74 Å². The number of benzene rings is 2. The molecule has 0 radical (unpaired) electrons. The van der Waals surface area contributed by atoms with Crippen LogP contribution >= 0.6 is 0 Å². The fraction of sp³-hybridized carbons (Fsp3) is 0.250. The Hall–Kier alpha value is -3.92. The summed E-state index contributed by atoms with van der Waals surface area (Å²) in [6.45, 7) is 1.27. The second kappa shape index (κ2) is 8.79. The predicted octanol–water partition coefficient (Wildman–Crippen LogP) is 3.31. The van der Waals surface area contributed by atoms with Gasteiger partial charge in [-0.3, -0.25) is 9.59 Å². The molecule has 2 aromatic heterocycles. The van der Waals surface area contributed by atoms with Crippen LogP contribution in [0.1, 0.15) is 23.2 Å². The highest BCUT2D eigenvalue weighted by atomic mass is 19.2. The van der Waals surface area contributed by atoms with E-state index in [1.165, 1.54) is 10.7 Å². The van der Waals surface area contributed by atoms with E-state index >= 15 is 0 Å². The Morgan fingerprint density at radius 3 is 2.68 bits per heavy atom. The third-order valence-electron chi connectivity index (χ3n) is 6.03. The first kappa shape index (κ1) is 21.9. The van der Waals surface area contributed by atoms with Crippen LogP contribution in [0.25, 0.3) is 27.8 Å². The molecule has 5 rings (SSSR count). The van der Waals surface area contributed by atoms with Gasteiger partial charge in [-0.25, -0.2) is 13.5 Å². The van der Waals surface area contributed by atoms with Gasteiger partial charge in [-0.2, -0.15) is 0 Å². The summed E-state index contributed by atoms with van der Waals surface area (Å²) in [6, 6.07) is 10.3. The number of pyridine rings is 1. The van der Waals surface area contributed by atoms with Gasteiger partial charge in [0.1, 0.15) is 5.69 Å². The maximum absolute atomic E-state index is 13.6. The van der Waals surface area contributed by atoms with Gasteiger partial charge in [0.2, 0.25) is 0 Å². The van der Waals surface area contributed by atoms with Crippen LogP contribution in [0.4, 0.5) is 8.78 Å². The Morgan fingerprint density at radius 1 is 1.15 bits per heavy atom. The second-order valence-electron chi connectivity index (χ2n) is 8.21. The van der Waals surface area contributed by atoms with Crippen LogP contribution in [0.2, 0.25) is 0 Å². The van der Waals surface area contributed by atoms with Crippen LogP contribution in [0.5, 0.6) is 0 Å². The summed E-state index contributed by atoms with van der Waals surface area (Å²) in [5.74, 6) is -2.10. The van der Waals surface area contributed by atoms with Crippen molar-refractivity contribution in [3.05, 3.63) is 76.2 Å². The van der Waals surface area contributed by atoms with Gasteiger partial charge in [-0.15, -0.1) is 5.10 Å². The van der Waals surface area contributed by atoms with Crippen LogP contribution in [0.15, 0.2) is 53.5 Å². The molecule has 1 amide bonds. The summed E-state index contributed by atoms with van der Waals surface area (Å²) in [4.78, 5) is 29.7. The Labute approximate surface area is 192 Å². The van der Waals surface area contributed by atoms with E-state index in [9.17, 15) is 18.4 Å². The smallest absolute Gasteiger partial charge is 0.258 e. The highest BCUT2D eigenvalue weighted by Crippen LogP contribution is 2.22. The number of fused-ring (bicyclic) bond motifs is 1. The summed E-state index contributed by atoms with van der Waals surface area (Å²) >= 11 is 0. The largest absolute Gasteiger partial charge is 0.380 e. The van der Waals surface area contributed by atoms with Crippen LogP contribution in [0.3, 0.4) is 0 Å². The molecule has 0 saturated carbocycles. The summed E-state index contributed by atoms with van der Waals surface area (Å²) < 4.78 is 33.9. The first-order chi connectivity index (χ1) is 16.4. The number of hydrogen-bond acceptors (Lipinski definition) is 5. The van der Waals surface area contributed by atoms with Crippen LogP contribution < -0.4 is 5.56 Å². The second-order valence-corrected chi connectivity index (χ2v) is 8.21. The van der Waals surface area contributed by atoms with Crippen LogP contribution in [0, 0.1) is 11.6 Å². The van der Waals surface area contributed by atoms with Gasteiger partial charge in [0.25, 0.3) is 11.5 Å². The number of carbonyl (C=O) groups is 1. The van der Waals surface area contributed by atoms with Gasteiger partial charge in [0.05, 0.1) is 29.1 Å². The van der Waals surface area contributed by atoms with E-state index in [1.54, 1.807) is 42.5 Å². The molecule has 0 aliphatic carbocycles. The molecule has 8 nitrogen and oxygen atoms in total. The molecule has 1 atom stereocenters. The lowest BCUT2D eigenvalue weighted by Crippen LogP contribution is -2.42. The zero-order valence-electron chi connectivity index (χ0n) is 18.3. The molecule has 1 aliphatic rings. The maximum atomic E-state index is 13.6. The Kier molecular flexibility index (Phi) is 5.66. The molecule has 34 heavy (non-hydrogen) atoms. The van der Waals surface area contributed by atoms with E-state index in [0.717, 1.165) is 25.0 Å². The minimum atomic E-state index is -1.04. The molecule has 0 bridgehead atoms. The number of amides is 1. The fourth-order valence-corrected chi connectivity index (χ4v) is 4.16. The first-order valence-corrected chi connectivity index (χ1v) is 10.8. The molecule has 1 fully saturated rings. The number of H-pyrrole nitrogens is 1. The monoisotopic (exact) mass is 465 g/mol. The molecule has 0 spiro atoms. The zero-order valence-corrected chi connectivity index (χ0v) is 18.3. The topological polar surface area (TPSA) is 93.1 Å². The molecule has 10 heteroatoms. The lowest BCUT2D eigenvalue weighted by atomic mass is 10.1. The first-order valence-electron chi connectivity index (χ1n) is 10.8. The van der Waals surface area contributed by atoms with Crippen molar-refractivity contribution in [1.29, 1.82) is 0 Å². The number of nitrogens with zero attached hydrogens (tertiary/aromatic N) is 4. The highest BCUT2D eigenvalue weighted by molar-refractivity contribution is 5.94. The Balaban J connectivity index is 1.39. The van der Waals surface area contributed by atoms with Crippen molar-refractivity contribution in [2.24, 2.45) is 0 Å². The fourth-order valence-electron chi connectivity index (χ4n) is 4.16. The summed E-state index contributed by atoms with van der Waals surface area (Å²) in [7, 11) is 1.66. The average Bonchev–Trinajstić information content (AvgIpc) is 3.34. The average molecular weight is 465 g/mol. The van der Waals surface area contributed by atoms with Crippen molar-refractivity contribution in [3.63, 3.8) is 0 Å². The number of aromatic nitrogens is 4. The SMILES string of the molecule is CO[C@@H]1CCCN(C(=O)c2ccc(-n3cc(-c4cc5cc(F)c(F)cc5[nH]c4=O)nn3)cc2)C1. The van der Waals surface area contributed by atoms with Crippen molar-refractivity contribution >= 4 is 16.8 Å². The summed E-state index contributed by atoms with van der Waals surface area (Å²) in [5.41, 5.74) is 1.34. The number of ether oxygens (including phenoxy) is 1. The molecule has 4 aromatic rings. The number of nitrogens with one attached hydrogen (secondary N) is 1. The van der Waals surface area contributed by atoms with Gasteiger partial charge in [0, 0.05) is 37.2 Å². The predicted molar refractivity (Wildman–Crippen MR) is 121 cm³/mol. The Morgan fingerprint density at radius 2 is 1.91 bits per heavy atom. The number of carbonyl (C=O) groups excluding carboxylic acids is 1. The van der Waals surface area contributed by atoms with E-state index in [2.05, 4.69) is 15.3 Å². The Bertz CT molecular complexity index is 1430. The normalized spacial score (nSPS) is 16.2. The van der Waals surface area contributed by atoms with E-state index in [-0.39, 0.29) is 28.8 Å². The standard InChI is InChI=1S/C24H21F2N5O3/c1-34-17-3-2-8-30(12-17)24(33)14-4-6-16(7-5-14)31-13-22(28-29-31)18-9-15-10-19(25)20(26)11-21(15)27-23(18)32/h4-7,9-11,13,17H,2-3,8,12H2,1H3,(H,27,32)/t17-/m1/s1. The number of piperidine rings is 1. The lowest BCUT2D eigenvalue weighted by Gasteiger charge is -2.32. The van der Waals surface area contributed by atoms with Crippen molar-refractivity contribution in [3.8, 4) is 16.9 Å². The number of methoxy groups -OCH3 is 1. The van der Waals surface area contributed by atoms with Gasteiger partial charge >= 0.3 is 0 Å². The number of aromatic amines is 1. The molecule has 1 aliphatic heterocycles. The van der Waals surface area contributed by atoms with Crippen molar-refractivity contribution in [2.75, 3.05) is 20.2 Å². The molecular weight excluding hydrogens is 444 g/mol. The molecule has 0 unspecified atom stereocenters.